The standard InChI is InChI=1S/C27H27ClN4O2/c1-31(2)19-13-15-32(16-14-19)26-21-17-18(29-27(33)20-7-3-4-8-22(20)28)11-12-24(21)34-25-10-6-5-9-23(25)30-26/h3-12,17,19H,13-16H2,1-2H3,(H,29,33). The van der Waals surface area contributed by atoms with Gasteiger partial charge in [0.1, 0.15) is 17.3 Å². The first-order valence-corrected chi connectivity index (χ1v) is 11.8. The largest absolute Gasteiger partial charge is 0.454 e. The summed E-state index contributed by atoms with van der Waals surface area (Å²) in [5.74, 6) is 2.05. The van der Waals surface area contributed by atoms with Gasteiger partial charge in [0.05, 0.1) is 16.1 Å². The molecule has 34 heavy (non-hydrogen) atoms. The van der Waals surface area contributed by atoms with Gasteiger partial charge < -0.3 is 19.9 Å². The molecule has 1 amide bonds. The summed E-state index contributed by atoms with van der Waals surface area (Å²) in [7, 11) is 4.27. The van der Waals surface area contributed by atoms with Crippen molar-refractivity contribution >= 4 is 34.7 Å². The van der Waals surface area contributed by atoms with Gasteiger partial charge in [-0.3, -0.25) is 4.79 Å². The molecule has 2 heterocycles. The Labute approximate surface area is 204 Å². The highest BCUT2D eigenvalue weighted by molar-refractivity contribution is 6.34. The van der Waals surface area contributed by atoms with Crippen LogP contribution in [-0.2, 0) is 0 Å². The second-order valence-corrected chi connectivity index (χ2v) is 9.24. The van der Waals surface area contributed by atoms with Gasteiger partial charge in [0.15, 0.2) is 5.75 Å². The van der Waals surface area contributed by atoms with Crippen LogP contribution in [0.4, 0.5) is 11.4 Å². The lowest BCUT2D eigenvalue weighted by Gasteiger charge is -2.37. The van der Waals surface area contributed by atoms with E-state index in [-0.39, 0.29) is 5.91 Å². The predicted molar refractivity (Wildman–Crippen MR) is 137 cm³/mol. The number of piperidine rings is 1. The van der Waals surface area contributed by atoms with Crippen molar-refractivity contribution in [3.8, 4) is 11.5 Å². The second-order valence-electron chi connectivity index (χ2n) is 8.83. The van der Waals surface area contributed by atoms with E-state index >= 15 is 0 Å². The van der Waals surface area contributed by atoms with E-state index in [1.54, 1.807) is 24.3 Å². The molecule has 0 aliphatic carbocycles. The fourth-order valence-electron chi connectivity index (χ4n) is 4.48. The summed E-state index contributed by atoms with van der Waals surface area (Å²) in [6.07, 6.45) is 2.12. The third kappa shape index (κ3) is 4.52. The zero-order chi connectivity index (χ0) is 23.7. The monoisotopic (exact) mass is 474 g/mol. The van der Waals surface area contributed by atoms with Crippen molar-refractivity contribution in [2.45, 2.75) is 18.9 Å². The lowest BCUT2D eigenvalue weighted by molar-refractivity contribution is 0.102. The lowest BCUT2D eigenvalue weighted by atomic mass is 10.0. The molecule has 5 rings (SSSR count). The third-order valence-electron chi connectivity index (χ3n) is 6.40. The number of amides is 1. The number of aliphatic imine (C=N–C) groups is 1. The van der Waals surface area contributed by atoms with Gasteiger partial charge in [-0.25, -0.2) is 4.99 Å². The molecule has 2 aliphatic heterocycles. The van der Waals surface area contributed by atoms with Crippen molar-refractivity contribution < 1.29 is 9.53 Å². The van der Waals surface area contributed by atoms with E-state index in [0.717, 1.165) is 48.8 Å². The number of fused-ring (bicyclic) bond motifs is 2. The van der Waals surface area contributed by atoms with Crippen LogP contribution >= 0.6 is 11.6 Å². The number of hydrogen-bond acceptors (Lipinski definition) is 5. The molecular weight excluding hydrogens is 448 g/mol. The van der Waals surface area contributed by atoms with Gasteiger partial charge >= 0.3 is 0 Å². The first kappa shape index (κ1) is 22.4. The molecule has 174 valence electrons. The number of rotatable bonds is 3. The van der Waals surface area contributed by atoms with Gasteiger partial charge in [-0.15, -0.1) is 0 Å². The van der Waals surface area contributed by atoms with E-state index in [4.69, 9.17) is 21.3 Å². The van der Waals surface area contributed by atoms with Crippen LogP contribution in [0, 0.1) is 0 Å². The Morgan fingerprint density at radius 3 is 2.53 bits per heavy atom. The molecule has 1 fully saturated rings. The van der Waals surface area contributed by atoms with Gasteiger partial charge in [0.2, 0.25) is 0 Å². The Balaban J connectivity index is 1.50. The second kappa shape index (κ2) is 9.49. The summed E-state index contributed by atoms with van der Waals surface area (Å²) in [6, 6.07) is 21.1. The number of likely N-dealkylation sites (tertiary alicyclic amines) is 1. The molecule has 0 unspecified atom stereocenters. The Kier molecular flexibility index (Phi) is 6.26. The Bertz CT molecular complexity index is 1250. The van der Waals surface area contributed by atoms with E-state index in [9.17, 15) is 4.79 Å². The van der Waals surface area contributed by atoms with E-state index in [1.807, 2.05) is 42.5 Å². The number of ether oxygens (including phenoxy) is 1. The molecule has 2 aliphatic rings. The number of amidine groups is 1. The number of hydrogen-bond donors (Lipinski definition) is 1. The van der Waals surface area contributed by atoms with E-state index in [0.29, 0.717) is 28.1 Å². The van der Waals surface area contributed by atoms with Crippen LogP contribution in [0.5, 0.6) is 11.5 Å². The minimum Gasteiger partial charge on any atom is -0.454 e. The number of carbonyl (C=O) groups excluding carboxylic acids is 1. The first-order chi connectivity index (χ1) is 16.5. The van der Waals surface area contributed by atoms with Crippen molar-refractivity contribution in [2.75, 3.05) is 32.5 Å². The molecule has 0 radical (unpaired) electrons. The van der Waals surface area contributed by atoms with Crippen LogP contribution in [0.3, 0.4) is 0 Å². The van der Waals surface area contributed by atoms with Gasteiger partial charge in [-0.1, -0.05) is 35.9 Å². The van der Waals surface area contributed by atoms with Gasteiger partial charge in [0.25, 0.3) is 5.91 Å². The van der Waals surface area contributed by atoms with Crippen molar-refractivity contribution in [1.82, 2.24) is 9.80 Å². The van der Waals surface area contributed by atoms with Crippen LogP contribution in [0.25, 0.3) is 0 Å². The summed E-state index contributed by atoms with van der Waals surface area (Å²) in [4.78, 5) is 22.5. The zero-order valence-electron chi connectivity index (χ0n) is 19.3. The molecule has 1 saturated heterocycles. The number of anilines is 1. The van der Waals surface area contributed by atoms with Crippen LogP contribution in [0.2, 0.25) is 5.02 Å². The number of carbonyl (C=O) groups is 1. The quantitative estimate of drug-likeness (QED) is 0.521. The molecule has 0 spiro atoms. The van der Waals surface area contributed by atoms with Gasteiger partial charge in [-0.05, 0) is 69.4 Å². The number of halogens is 1. The summed E-state index contributed by atoms with van der Waals surface area (Å²) >= 11 is 6.22. The van der Waals surface area contributed by atoms with E-state index in [2.05, 4.69) is 29.2 Å². The zero-order valence-corrected chi connectivity index (χ0v) is 20.0. The number of benzene rings is 3. The third-order valence-corrected chi connectivity index (χ3v) is 6.73. The van der Waals surface area contributed by atoms with E-state index in [1.165, 1.54) is 0 Å². The Hall–Kier alpha value is -3.35. The highest BCUT2D eigenvalue weighted by atomic mass is 35.5. The topological polar surface area (TPSA) is 57.2 Å². The average Bonchev–Trinajstić information content (AvgIpc) is 3.01. The smallest absolute Gasteiger partial charge is 0.257 e. The van der Waals surface area contributed by atoms with Crippen molar-refractivity contribution in [3.63, 3.8) is 0 Å². The molecular formula is C27H27ClN4O2. The highest BCUT2D eigenvalue weighted by Crippen LogP contribution is 2.39. The maximum absolute atomic E-state index is 12.9. The van der Waals surface area contributed by atoms with Crippen molar-refractivity contribution in [1.29, 1.82) is 0 Å². The minimum absolute atomic E-state index is 0.256. The van der Waals surface area contributed by atoms with Crippen LogP contribution in [-0.4, -0.2) is 54.8 Å². The molecule has 1 N–H and O–H groups in total. The van der Waals surface area contributed by atoms with E-state index < -0.39 is 0 Å². The number of nitrogens with one attached hydrogen (secondary N) is 1. The van der Waals surface area contributed by atoms with Crippen LogP contribution in [0.1, 0.15) is 28.8 Å². The minimum atomic E-state index is -0.256. The SMILES string of the molecule is CN(C)C1CCN(C2=Nc3ccccc3Oc3ccc(NC(=O)c4ccccc4Cl)cc32)CC1. The fraction of sp³-hybridized carbons (Fsp3) is 0.259. The summed E-state index contributed by atoms with van der Waals surface area (Å²) in [5, 5.41) is 3.39. The number of para-hydroxylation sites is 2. The maximum Gasteiger partial charge on any atom is 0.257 e. The predicted octanol–water partition coefficient (Wildman–Crippen LogP) is 5.80. The van der Waals surface area contributed by atoms with Gasteiger partial charge in [0, 0.05) is 24.8 Å². The molecule has 0 bridgehead atoms. The molecule has 3 aromatic carbocycles. The molecule has 0 saturated carbocycles. The van der Waals surface area contributed by atoms with Crippen LogP contribution in [0.15, 0.2) is 71.7 Å². The number of nitrogens with zero attached hydrogens (tertiary/aromatic N) is 3. The summed E-state index contributed by atoms with van der Waals surface area (Å²) < 4.78 is 6.26. The Morgan fingerprint density at radius 2 is 1.76 bits per heavy atom. The molecule has 3 aromatic rings. The average molecular weight is 475 g/mol. The lowest BCUT2D eigenvalue weighted by Crippen LogP contribution is -2.44. The summed E-state index contributed by atoms with van der Waals surface area (Å²) in [6.45, 7) is 1.80. The fourth-order valence-corrected chi connectivity index (χ4v) is 4.70. The molecule has 7 heteroatoms. The molecule has 6 nitrogen and oxygen atoms in total. The van der Waals surface area contributed by atoms with Gasteiger partial charge in [-0.2, -0.15) is 0 Å². The molecule has 0 atom stereocenters. The maximum atomic E-state index is 12.9. The van der Waals surface area contributed by atoms with Crippen LogP contribution < -0.4 is 10.1 Å². The highest BCUT2D eigenvalue weighted by Gasteiger charge is 2.28. The van der Waals surface area contributed by atoms with Crippen molar-refractivity contribution in [3.05, 3.63) is 82.9 Å². The first-order valence-electron chi connectivity index (χ1n) is 11.5. The molecule has 0 aromatic heterocycles. The Morgan fingerprint density at radius 1 is 1.03 bits per heavy atom. The summed E-state index contributed by atoms with van der Waals surface area (Å²) in [5.41, 5.74) is 2.75. The normalized spacial score (nSPS) is 15.6. The van der Waals surface area contributed by atoms with Crippen molar-refractivity contribution in [2.24, 2.45) is 4.99 Å².